The van der Waals surface area contributed by atoms with Gasteiger partial charge >= 0.3 is 12.0 Å². The lowest BCUT2D eigenvalue weighted by molar-refractivity contribution is -0.160. The average molecular weight is 242 g/mol. The molecule has 1 saturated heterocycles. The Morgan fingerprint density at radius 2 is 2.06 bits per heavy atom. The summed E-state index contributed by atoms with van der Waals surface area (Å²) in [6.07, 6.45) is 2.17. The number of rotatable bonds is 4. The number of hydrogen-bond acceptors (Lipinski definition) is 3. The monoisotopic (exact) mass is 242 g/mol. The maximum absolute atomic E-state index is 11.9. The molecule has 2 fully saturated rings. The van der Waals surface area contributed by atoms with Crippen LogP contribution in [0.3, 0.4) is 0 Å². The predicted octanol–water partition coefficient (Wildman–Crippen LogP) is 0.376. The molecule has 0 atom stereocenters. The van der Waals surface area contributed by atoms with Crippen molar-refractivity contribution < 1.29 is 19.4 Å². The van der Waals surface area contributed by atoms with Crippen LogP contribution in [0.4, 0.5) is 4.79 Å². The summed E-state index contributed by atoms with van der Waals surface area (Å²) in [6, 6.07) is 0.415. The van der Waals surface area contributed by atoms with Crippen LogP contribution in [-0.2, 0) is 9.53 Å². The van der Waals surface area contributed by atoms with Crippen LogP contribution >= 0.6 is 0 Å². The van der Waals surface area contributed by atoms with E-state index in [4.69, 9.17) is 9.84 Å². The lowest BCUT2D eigenvalue weighted by Crippen LogP contribution is -2.65. The molecule has 0 aromatic carbocycles. The lowest BCUT2D eigenvalue weighted by Gasteiger charge is -2.48. The second kappa shape index (κ2) is 4.18. The molecule has 2 amide bonds. The van der Waals surface area contributed by atoms with Gasteiger partial charge in [-0.1, -0.05) is 0 Å². The first kappa shape index (κ1) is 12.2. The van der Waals surface area contributed by atoms with Crippen LogP contribution in [0.1, 0.15) is 19.8 Å². The van der Waals surface area contributed by atoms with Crippen molar-refractivity contribution in [3.05, 3.63) is 0 Å². The van der Waals surface area contributed by atoms with Crippen molar-refractivity contribution in [3.8, 4) is 0 Å². The minimum Gasteiger partial charge on any atom is -0.480 e. The number of aliphatic carboxylic acids is 1. The van der Waals surface area contributed by atoms with E-state index >= 15 is 0 Å². The Balaban J connectivity index is 1.76. The Labute approximate surface area is 100 Å². The summed E-state index contributed by atoms with van der Waals surface area (Å²) in [5.41, 5.74) is -0.502. The zero-order valence-corrected chi connectivity index (χ0v) is 10.2. The molecule has 96 valence electrons. The molecular formula is C11H18N2O4. The predicted molar refractivity (Wildman–Crippen MR) is 59.7 cm³/mol. The second-order valence-corrected chi connectivity index (χ2v) is 5.11. The highest BCUT2D eigenvalue weighted by Gasteiger charge is 2.45. The number of amides is 2. The summed E-state index contributed by atoms with van der Waals surface area (Å²) >= 11 is 0. The summed E-state index contributed by atoms with van der Waals surface area (Å²) in [4.78, 5) is 25.8. The highest BCUT2D eigenvalue weighted by atomic mass is 16.5. The highest BCUT2D eigenvalue weighted by Crippen LogP contribution is 2.30. The second-order valence-electron chi connectivity index (χ2n) is 5.11. The van der Waals surface area contributed by atoms with E-state index in [1.807, 2.05) is 14.0 Å². The van der Waals surface area contributed by atoms with Gasteiger partial charge in [0.25, 0.3) is 0 Å². The third-order valence-corrected chi connectivity index (χ3v) is 3.26. The van der Waals surface area contributed by atoms with Crippen molar-refractivity contribution in [1.29, 1.82) is 0 Å². The third-order valence-electron chi connectivity index (χ3n) is 3.26. The van der Waals surface area contributed by atoms with Crippen LogP contribution in [-0.4, -0.2) is 65.3 Å². The number of nitrogens with zero attached hydrogens (tertiary/aromatic N) is 2. The molecule has 0 unspecified atom stereocenters. The van der Waals surface area contributed by atoms with Gasteiger partial charge in [0.2, 0.25) is 0 Å². The van der Waals surface area contributed by atoms with Crippen LogP contribution < -0.4 is 0 Å². The Morgan fingerprint density at radius 1 is 1.47 bits per heavy atom. The molecule has 0 radical (unpaired) electrons. The van der Waals surface area contributed by atoms with E-state index in [0.29, 0.717) is 19.1 Å². The number of ether oxygens (including phenoxy) is 1. The van der Waals surface area contributed by atoms with Gasteiger partial charge in [-0.2, -0.15) is 0 Å². The zero-order valence-electron chi connectivity index (χ0n) is 10.2. The molecule has 6 nitrogen and oxygen atoms in total. The summed E-state index contributed by atoms with van der Waals surface area (Å²) < 4.78 is 5.25. The minimum absolute atomic E-state index is 0.0175. The third kappa shape index (κ3) is 2.69. The van der Waals surface area contributed by atoms with Gasteiger partial charge in [0.1, 0.15) is 12.2 Å². The van der Waals surface area contributed by atoms with Crippen molar-refractivity contribution >= 4 is 12.0 Å². The number of hydrogen-bond donors (Lipinski definition) is 1. The van der Waals surface area contributed by atoms with E-state index in [0.717, 1.165) is 12.8 Å². The number of carbonyl (C=O) groups is 2. The van der Waals surface area contributed by atoms with Crippen LogP contribution in [0.25, 0.3) is 0 Å². The number of carboxylic acids is 1. The SMILES string of the molecule is CN(C(=O)N1CC(C)(OCC(=O)O)C1)C1CC1. The van der Waals surface area contributed by atoms with Crippen molar-refractivity contribution in [2.45, 2.75) is 31.4 Å². The van der Waals surface area contributed by atoms with E-state index in [1.54, 1.807) is 9.80 Å². The fourth-order valence-electron chi connectivity index (χ4n) is 2.06. The maximum atomic E-state index is 11.9. The zero-order chi connectivity index (χ0) is 12.6. The fraction of sp³-hybridized carbons (Fsp3) is 0.818. The Morgan fingerprint density at radius 3 is 2.53 bits per heavy atom. The van der Waals surface area contributed by atoms with Crippen LogP contribution in [0, 0.1) is 0 Å². The molecular weight excluding hydrogens is 224 g/mol. The Kier molecular flexibility index (Phi) is 2.99. The quantitative estimate of drug-likeness (QED) is 0.773. The Bertz CT molecular complexity index is 334. The first-order chi connectivity index (χ1) is 7.91. The largest absolute Gasteiger partial charge is 0.480 e. The molecule has 2 aliphatic rings. The molecule has 1 saturated carbocycles. The minimum atomic E-state index is -0.980. The van der Waals surface area contributed by atoms with Crippen molar-refractivity contribution in [2.75, 3.05) is 26.7 Å². The molecule has 17 heavy (non-hydrogen) atoms. The van der Waals surface area contributed by atoms with E-state index < -0.39 is 11.6 Å². The van der Waals surface area contributed by atoms with Gasteiger partial charge in [-0.15, -0.1) is 0 Å². The molecule has 1 aliphatic heterocycles. The van der Waals surface area contributed by atoms with E-state index in [9.17, 15) is 9.59 Å². The summed E-state index contributed by atoms with van der Waals surface area (Å²) in [7, 11) is 1.81. The summed E-state index contributed by atoms with van der Waals surface area (Å²) in [6.45, 7) is 2.46. The van der Waals surface area contributed by atoms with Crippen molar-refractivity contribution in [1.82, 2.24) is 9.80 Å². The first-order valence-corrected chi connectivity index (χ1v) is 5.79. The lowest BCUT2D eigenvalue weighted by atomic mass is 9.97. The molecule has 1 aliphatic carbocycles. The van der Waals surface area contributed by atoms with Crippen molar-refractivity contribution in [2.24, 2.45) is 0 Å². The fourth-order valence-corrected chi connectivity index (χ4v) is 2.06. The molecule has 0 aromatic heterocycles. The van der Waals surface area contributed by atoms with E-state index in [-0.39, 0.29) is 12.6 Å². The van der Waals surface area contributed by atoms with Gasteiger partial charge in [0.15, 0.2) is 0 Å². The topological polar surface area (TPSA) is 70.1 Å². The molecule has 2 rings (SSSR count). The van der Waals surface area contributed by atoms with Crippen molar-refractivity contribution in [3.63, 3.8) is 0 Å². The van der Waals surface area contributed by atoms with Crippen LogP contribution in [0.5, 0.6) is 0 Å². The number of carboxylic acid groups (broad SMARTS) is 1. The maximum Gasteiger partial charge on any atom is 0.329 e. The van der Waals surface area contributed by atoms with Crippen LogP contribution in [0.15, 0.2) is 0 Å². The van der Waals surface area contributed by atoms with Gasteiger partial charge in [-0.25, -0.2) is 9.59 Å². The average Bonchev–Trinajstić information content (AvgIpc) is 3.04. The number of likely N-dealkylation sites (tertiary alicyclic amines) is 1. The smallest absolute Gasteiger partial charge is 0.329 e. The summed E-state index contributed by atoms with van der Waals surface area (Å²) in [5, 5.41) is 8.53. The molecule has 6 heteroatoms. The Hall–Kier alpha value is -1.30. The normalized spacial score (nSPS) is 21.9. The number of urea groups is 1. The molecule has 0 bridgehead atoms. The van der Waals surface area contributed by atoms with Gasteiger partial charge < -0.3 is 19.6 Å². The summed E-state index contributed by atoms with van der Waals surface area (Å²) in [5.74, 6) is -0.980. The van der Waals surface area contributed by atoms with Gasteiger partial charge in [0, 0.05) is 13.1 Å². The van der Waals surface area contributed by atoms with Gasteiger partial charge in [0.05, 0.1) is 13.1 Å². The number of carbonyl (C=O) groups excluding carboxylic acids is 1. The standard InChI is InChI=1S/C11H18N2O4/c1-11(17-5-9(14)15)6-13(7-11)10(16)12(2)8-3-4-8/h8H,3-7H2,1-2H3,(H,14,15). The molecule has 1 N–H and O–H groups in total. The molecule has 0 aromatic rings. The van der Waals surface area contributed by atoms with E-state index in [2.05, 4.69) is 0 Å². The van der Waals surface area contributed by atoms with Crippen LogP contribution in [0.2, 0.25) is 0 Å². The van der Waals surface area contributed by atoms with Gasteiger partial charge in [-0.3, -0.25) is 0 Å². The van der Waals surface area contributed by atoms with Gasteiger partial charge in [-0.05, 0) is 19.8 Å². The first-order valence-electron chi connectivity index (χ1n) is 5.79. The molecule has 1 heterocycles. The highest BCUT2D eigenvalue weighted by molar-refractivity contribution is 5.76. The van der Waals surface area contributed by atoms with E-state index in [1.165, 1.54) is 0 Å². The molecule has 0 spiro atoms.